The van der Waals surface area contributed by atoms with Gasteiger partial charge in [0, 0.05) is 12.6 Å². The molecule has 2 nitrogen and oxygen atoms in total. The van der Waals surface area contributed by atoms with E-state index in [4.69, 9.17) is 4.74 Å². The maximum Gasteiger partial charge on any atom is 0.0587 e. The van der Waals surface area contributed by atoms with Crippen molar-refractivity contribution in [3.8, 4) is 0 Å². The Bertz CT molecular complexity index is 332. The maximum absolute atomic E-state index is 5.77. The number of nitrogens with one attached hydrogen (secondary N) is 1. The number of rotatable bonds is 7. The first-order chi connectivity index (χ1) is 9.38. The first kappa shape index (κ1) is 14.5. The van der Waals surface area contributed by atoms with Crippen molar-refractivity contribution in [2.24, 2.45) is 0 Å². The van der Waals surface area contributed by atoms with Gasteiger partial charge in [-0.05, 0) is 50.6 Å². The molecule has 2 unspecified atom stereocenters. The van der Waals surface area contributed by atoms with Crippen LogP contribution in [-0.4, -0.2) is 25.3 Å². The summed E-state index contributed by atoms with van der Waals surface area (Å²) in [5.41, 5.74) is 1.43. The van der Waals surface area contributed by atoms with Crippen LogP contribution >= 0.6 is 0 Å². The Labute approximate surface area is 117 Å². The minimum atomic E-state index is 0.496. The molecule has 2 heteroatoms. The van der Waals surface area contributed by atoms with E-state index < -0.39 is 0 Å². The van der Waals surface area contributed by atoms with Crippen LogP contribution in [0.15, 0.2) is 30.3 Å². The molecule has 0 bridgehead atoms. The second-order valence-corrected chi connectivity index (χ2v) is 5.53. The fourth-order valence-electron chi connectivity index (χ4n) is 2.74. The van der Waals surface area contributed by atoms with Gasteiger partial charge in [0.2, 0.25) is 0 Å². The van der Waals surface area contributed by atoms with Crippen LogP contribution in [0, 0.1) is 0 Å². The SMILES string of the molecule is CCC(Cc1ccccc1)NCCC1CCCCO1. The molecule has 0 radical (unpaired) electrons. The van der Waals surface area contributed by atoms with Crippen molar-refractivity contribution < 1.29 is 4.74 Å². The predicted molar refractivity (Wildman–Crippen MR) is 80.4 cm³/mol. The lowest BCUT2D eigenvalue weighted by molar-refractivity contribution is 0.0112. The highest BCUT2D eigenvalue weighted by atomic mass is 16.5. The molecule has 0 aromatic heterocycles. The van der Waals surface area contributed by atoms with E-state index in [0.717, 1.165) is 26.0 Å². The van der Waals surface area contributed by atoms with Crippen LogP contribution in [0.5, 0.6) is 0 Å². The van der Waals surface area contributed by atoms with E-state index in [0.29, 0.717) is 12.1 Å². The molecule has 1 aliphatic heterocycles. The van der Waals surface area contributed by atoms with Crippen LogP contribution in [0.3, 0.4) is 0 Å². The summed E-state index contributed by atoms with van der Waals surface area (Å²) in [5.74, 6) is 0. The Balaban J connectivity index is 1.67. The summed E-state index contributed by atoms with van der Waals surface area (Å²) in [4.78, 5) is 0. The molecule has 2 atom stereocenters. The molecule has 1 aliphatic rings. The summed E-state index contributed by atoms with van der Waals surface area (Å²) < 4.78 is 5.77. The third kappa shape index (κ3) is 5.33. The molecule has 0 saturated carbocycles. The number of hydrogen-bond acceptors (Lipinski definition) is 2. The van der Waals surface area contributed by atoms with Crippen molar-refractivity contribution in [1.82, 2.24) is 5.32 Å². The zero-order valence-corrected chi connectivity index (χ0v) is 12.1. The van der Waals surface area contributed by atoms with Crippen LogP contribution in [0.2, 0.25) is 0 Å². The molecule has 1 heterocycles. The van der Waals surface area contributed by atoms with Crippen LogP contribution in [0.25, 0.3) is 0 Å². The molecule has 1 N–H and O–H groups in total. The highest BCUT2D eigenvalue weighted by Gasteiger charge is 2.14. The van der Waals surface area contributed by atoms with Crippen LogP contribution in [0.4, 0.5) is 0 Å². The highest BCUT2D eigenvalue weighted by Crippen LogP contribution is 2.15. The zero-order valence-electron chi connectivity index (χ0n) is 12.1. The maximum atomic E-state index is 5.77. The predicted octanol–water partition coefficient (Wildman–Crippen LogP) is 3.56. The molecule has 1 saturated heterocycles. The van der Waals surface area contributed by atoms with Gasteiger partial charge in [0.05, 0.1) is 6.10 Å². The summed E-state index contributed by atoms with van der Waals surface area (Å²) in [7, 11) is 0. The van der Waals surface area contributed by atoms with Gasteiger partial charge in [0.25, 0.3) is 0 Å². The van der Waals surface area contributed by atoms with Crippen molar-refractivity contribution in [1.29, 1.82) is 0 Å². The third-order valence-electron chi connectivity index (χ3n) is 3.99. The quantitative estimate of drug-likeness (QED) is 0.810. The van der Waals surface area contributed by atoms with Gasteiger partial charge in [-0.25, -0.2) is 0 Å². The van der Waals surface area contributed by atoms with Gasteiger partial charge in [-0.15, -0.1) is 0 Å². The Morgan fingerprint density at radius 3 is 2.79 bits per heavy atom. The van der Waals surface area contributed by atoms with E-state index in [9.17, 15) is 0 Å². The first-order valence-electron chi connectivity index (χ1n) is 7.77. The molecule has 0 aliphatic carbocycles. The second-order valence-electron chi connectivity index (χ2n) is 5.53. The monoisotopic (exact) mass is 261 g/mol. The summed E-state index contributed by atoms with van der Waals surface area (Å²) >= 11 is 0. The average molecular weight is 261 g/mol. The lowest BCUT2D eigenvalue weighted by Crippen LogP contribution is -2.34. The van der Waals surface area contributed by atoms with E-state index >= 15 is 0 Å². The van der Waals surface area contributed by atoms with E-state index in [1.807, 2.05) is 0 Å². The van der Waals surface area contributed by atoms with Crippen LogP contribution < -0.4 is 5.32 Å². The Morgan fingerprint density at radius 2 is 2.11 bits per heavy atom. The van der Waals surface area contributed by atoms with E-state index in [1.165, 1.54) is 31.2 Å². The van der Waals surface area contributed by atoms with Crippen molar-refractivity contribution in [2.45, 2.75) is 57.6 Å². The number of benzene rings is 1. The molecule has 1 aromatic carbocycles. The third-order valence-corrected chi connectivity index (χ3v) is 3.99. The van der Waals surface area contributed by atoms with E-state index in [2.05, 4.69) is 42.6 Å². The Hall–Kier alpha value is -0.860. The highest BCUT2D eigenvalue weighted by molar-refractivity contribution is 5.15. The van der Waals surface area contributed by atoms with E-state index in [1.54, 1.807) is 0 Å². The summed E-state index contributed by atoms with van der Waals surface area (Å²) in [6.07, 6.45) is 7.79. The smallest absolute Gasteiger partial charge is 0.0587 e. The fraction of sp³-hybridized carbons (Fsp3) is 0.647. The van der Waals surface area contributed by atoms with Crippen molar-refractivity contribution in [2.75, 3.05) is 13.2 Å². The molecule has 0 amide bonds. The topological polar surface area (TPSA) is 21.3 Å². The van der Waals surface area contributed by atoms with Crippen molar-refractivity contribution >= 4 is 0 Å². The lowest BCUT2D eigenvalue weighted by Gasteiger charge is -2.24. The molecule has 0 spiro atoms. The Kier molecular flexibility index (Phi) is 6.38. The second kappa shape index (κ2) is 8.34. The average Bonchev–Trinajstić information content (AvgIpc) is 2.48. The van der Waals surface area contributed by atoms with Crippen LogP contribution in [0.1, 0.15) is 44.6 Å². The Morgan fingerprint density at radius 1 is 1.26 bits per heavy atom. The van der Waals surface area contributed by atoms with Gasteiger partial charge < -0.3 is 10.1 Å². The number of hydrogen-bond donors (Lipinski definition) is 1. The van der Waals surface area contributed by atoms with Gasteiger partial charge in [-0.3, -0.25) is 0 Å². The molecule has 2 rings (SSSR count). The van der Waals surface area contributed by atoms with E-state index in [-0.39, 0.29) is 0 Å². The molecule has 1 fully saturated rings. The number of ether oxygens (including phenoxy) is 1. The molecule has 19 heavy (non-hydrogen) atoms. The van der Waals surface area contributed by atoms with Crippen molar-refractivity contribution in [3.63, 3.8) is 0 Å². The van der Waals surface area contributed by atoms with Gasteiger partial charge in [0.15, 0.2) is 0 Å². The largest absolute Gasteiger partial charge is 0.378 e. The van der Waals surface area contributed by atoms with Gasteiger partial charge in [-0.1, -0.05) is 37.3 Å². The molecular weight excluding hydrogens is 234 g/mol. The zero-order chi connectivity index (χ0) is 13.3. The summed E-state index contributed by atoms with van der Waals surface area (Å²) in [5, 5.41) is 3.69. The van der Waals surface area contributed by atoms with Gasteiger partial charge in [0.1, 0.15) is 0 Å². The standard InChI is InChI=1S/C17H27NO/c1-2-16(14-15-8-4-3-5-9-15)18-12-11-17-10-6-7-13-19-17/h3-5,8-9,16-18H,2,6-7,10-14H2,1H3. The van der Waals surface area contributed by atoms with Crippen molar-refractivity contribution in [3.05, 3.63) is 35.9 Å². The molecular formula is C17H27NO. The molecule has 106 valence electrons. The lowest BCUT2D eigenvalue weighted by atomic mass is 10.0. The first-order valence-corrected chi connectivity index (χ1v) is 7.77. The summed E-state index contributed by atoms with van der Waals surface area (Å²) in [6, 6.07) is 11.4. The van der Waals surface area contributed by atoms with Gasteiger partial charge in [-0.2, -0.15) is 0 Å². The normalized spacial score (nSPS) is 21.2. The van der Waals surface area contributed by atoms with Gasteiger partial charge >= 0.3 is 0 Å². The minimum Gasteiger partial charge on any atom is -0.378 e. The summed E-state index contributed by atoms with van der Waals surface area (Å²) in [6.45, 7) is 4.31. The molecule has 1 aromatic rings. The fourth-order valence-corrected chi connectivity index (χ4v) is 2.74. The van der Waals surface area contributed by atoms with Crippen LogP contribution in [-0.2, 0) is 11.2 Å². The minimum absolute atomic E-state index is 0.496.